The SMILES string of the molecule is CC(C)CN1C(=O)C2(CCCC2)NC1C(C)C. The molecule has 17 heavy (non-hydrogen) atoms. The predicted molar refractivity (Wildman–Crippen MR) is 69.5 cm³/mol. The van der Waals surface area contributed by atoms with Gasteiger partial charge in [-0.3, -0.25) is 10.1 Å². The zero-order chi connectivity index (χ0) is 12.6. The molecule has 2 aliphatic rings. The number of hydrogen-bond donors (Lipinski definition) is 1. The third-order valence-electron chi connectivity index (χ3n) is 4.08. The van der Waals surface area contributed by atoms with E-state index < -0.39 is 0 Å². The number of carbonyl (C=O) groups is 1. The first-order chi connectivity index (χ1) is 7.96. The van der Waals surface area contributed by atoms with Gasteiger partial charge in [-0.05, 0) is 24.7 Å². The van der Waals surface area contributed by atoms with Crippen LogP contribution < -0.4 is 5.32 Å². The molecule has 1 aliphatic carbocycles. The van der Waals surface area contributed by atoms with Crippen LogP contribution in [0.3, 0.4) is 0 Å². The Balaban J connectivity index is 2.19. The van der Waals surface area contributed by atoms with Crippen molar-refractivity contribution in [1.29, 1.82) is 0 Å². The summed E-state index contributed by atoms with van der Waals surface area (Å²) in [6.07, 6.45) is 4.69. The number of nitrogens with zero attached hydrogens (tertiary/aromatic N) is 1. The zero-order valence-corrected chi connectivity index (χ0v) is 11.6. The minimum Gasteiger partial charge on any atom is -0.325 e. The topological polar surface area (TPSA) is 32.3 Å². The second-order valence-electron chi connectivity index (χ2n) is 6.47. The van der Waals surface area contributed by atoms with E-state index in [1.165, 1.54) is 12.8 Å². The van der Waals surface area contributed by atoms with E-state index >= 15 is 0 Å². The molecule has 0 aromatic heterocycles. The van der Waals surface area contributed by atoms with Gasteiger partial charge in [-0.2, -0.15) is 0 Å². The third kappa shape index (κ3) is 2.22. The number of hydrogen-bond acceptors (Lipinski definition) is 2. The van der Waals surface area contributed by atoms with Gasteiger partial charge in [0.2, 0.25) is 5.91 Å². The molecule has 1 spiro atoms. The molecular formula is C14H26N2O. The van der Waals surface area contributed by atoms with Crippen molar-refractivity contribution in [3.05, 3.63) is 0 Å². The van der Waals surface area contributed by atoms with Crippen LogP contribution in [-0.4, -0.2) is 29.1 Å². The van der Waals surface area contributed by atoms with Gasteiger partial charge in [0.25, 0.3) is 0 Å². The lowest BCUT2D eigenvalue weighted by Gasteiger charge is -2.28. The first kappa shape index (κ1) is 12.9. The molecule has 1 saturated carbocycles. The van der Waals surface area contributed by atoms with Gasteiger partial charge in [-0.1, -0.05) is 40.5 Å². The van der Waals surface area contributed by atoms with Crippen molar-refractivity contribution >= 4 is 5.91 Å². The molecule has 0 bridgehead atoms. The summed E-state index contributed by atoms with van der Waals surface area (Å²) >= 11 is 0. The van der Waals surface area contributed by atoms with E-state index in [2.05, 4.69) is 37.9 Å². The summed E-state index contributed by atoms with van der Waals surface area (Å²) in [4.78, 5) is 14.7. The molecule has 1 heterocycles. The van der Waals surface area contributed by atoms with Crippen LogP contribution in [0.15, 0.2) is 0 Å². The standard InChI is InChI=1S/C14H26N2O/c1-10(2)9-16-12(11(3)4)15-14(13(16)17)7-5-6-8-14/h10-12,15H,5-9H2,1-4H3. The van der Waals surface area contributed by atoms with Crippen LogP contribution in [-0.2, 0) is 4.79 Å². The molecule has 2 fully saturated rings. The zero-order valence-electron chi connectivity index (χ0n) is 11.6. The van der Waals surface area contributed by atoms with E-state index in [0.717, 1.165) is 19.4 Å². The second kappa shape index (κ2) is 4.60. The van der Waals surface area contributed by atoms with E-state index in [-0.39, 0.29) is 11.7 Å². The number of amides is 1. The fraction of sp³-hybridized carbons (Fsp3) is 0.929. The maximum absolute atomic E-state index is 12.6. The van der Waals surface area contributed by atoms with E-state index in [1.54, 1.807) is 0 Å². The van der Waals surface area contributed by atoms with Gasteiger partial charge in [-0.25, -0.2) is 0 Å². The van der Waals surface area contributed by atoms with Gasteiger partial charge in [-0.15, -0.1) is 0 Å². The predicted octanol–water partition coefficient (Wildman–Crippen LogP) is 2.37. The van der Waals surface area contributed by atoms with Gasteiger partial charge < -0.3 is 4.90 Å². The van der Waals surface area contributed by atoms with Crippen molar-refractivity contribution in [3.8, 4) is 0 Å². The molecule has 1 saturated heterocycles. The summed E-state index contributed by atoms with van der Waals surface area (Å²) in [6, 6.07) is 0. The van der Waals surface area contributed by atoms with Crippen LogP contribution in [0.4, 0.5) is 0 Å². The lowest BCUT2D eigenvalue weighted by Crippen LogP contribution is -2.45. The Morgan fingerprint density at radius 2 is 1.88 bits per heavy atom. The lowest BCUT2D eigenvalue weighted by atomic mass is 9.98. The highest BCUT2D eigenvalue weighted by atomic mass is 16.2. The molecule has 0 aromatic rings. The second-order valence-corrected chi connectivity index (χ2v) is 6.47. The monoisotopic (exact) mass is 238 g/mol. The van der Waals surface area contributed by atoms with Gasteiger partial charge in [0.1, 0.15) is 0 Å². The molecule has 3 nitrogen and oxygen atoms in total. The van der Waals surface area contributed by atoms with Gasteiger partial charge in [0, 0.05) is 6.54 Å². The van der Waals surface area contributed by atoms with Crippen molar-refractivity contribution in [2.75, 3.05) is 6.54 Å². The highest BCUT2D eigenvalue weighted by Crippen LogP contribution is 2.38. The molecule has 1 N–H and O–H groups in total. The maximum atomic E-state index is 12.6. The Kier molecular flexibility index (Phi) is 3.48. The molecule has 98 valence electrons. The molecule has 1 atom stereocenters. The van der Waals surface area contributed by atoms with Gasteiger partial charge in [0.15, 0.2) is 0 Å². The summed E-state index contributed by atoms with van der Waals surface area (Å²) in [5.41, 5.74) is -0.205. The number of carbonyl (C=O) groups excluding carboxylic acids is 1. The minimum absolute atomic E-state index is 0.205. The van der Waals surface area contributed by atoms with Crippen molar-refractivity contribution in [2.24, 2.45) is 11.8 Å². The summed E-state index contributed by atoms with van der Waals surface area (Å²) in [7, 11) is 0. The van der Waals surface area contributed by atoms with Gasteiger partial charge in [0.05, 0.1) is 11.7 Å². The minimum atomic E-state index is -0.205. The summed E-state index contributed by atoms with van der Waals surface area (Å²) in [5.74, 6) is 1.39. The van der Waals surface area contributed by atoms with Crippen LogP contribution >= 0.6 is 0 Å². The van der Waals surface area contributed by atoms with Gasteiger partial charge >= 0.3 is 0 Å². The normalized spacial score (nSPS) is 28.0. The Labute approximate surface area is 105 Å². The Morgan fingerprint density at radius 3 is 2.35 bits per heavy atom. The highest BCUT2D eigenvalue weighted by molar-refractivity contribution is 5.89. The Morgan fingerprint density at radius 1 is 1.29 bits per heavy atom. The van der Waals surface area contributed by atoms with E-state index in [4.69, 9.17) is 0 Å². The highest BCUT2D eigenvalue weighted by Gasteiger charge is 2.52. The smallest absolute Gasteiger partial charge is 0.244 e. The molecule has 1 aliphatic heterocycles. The summed E-state index contributed by atoms with van der Waals surface area (Å²) in [5, 5.41) is 3.65. The quantitative estimate of drug-likeness (QED) is 0.818. The van der Waals surface area contributed by atoms with Crippen molar-refractivity contribution in [1.82, 2.24) is 10.2 Å². The fourth-order valence-electron chi connectivity index (χ4n) is 3.28. The van der Waals surface area contributed by atoms with Crippen LogP contribution in [0.25, 0.3) is 0 Å². The average molecular weight is 238 g/mol. The number of nitrogens with one attached hydrogen (secondary N) is 1. The molecule has 3 heteroatoms. The third-order valence-corrected chi connectivity index (χ3v) is 4.08. The number of rotatable bonds is 3. The Bertz CT molecular complexity index is 293. The maximum Gasteiger partial charge on any atom is 0.244 e. The van der Waals surface area contributed by atoms with Crippen molar-refractivity contribution < 1.29 is 4.79 Å². The Hall–Kier alpha value is -0.570. The van der Waals surface area contributed by atoms with Crippen LogP contribution in [0.5, 0.6) is 0 Å². The van der Waals surface area contributed by atoms with E-state index in [1.807, 2.05) is 0 Å². The van der Waals surface area contributed by atoms with Crippen molar-refractivity contribution in [2.45, 2.75) is 65.1 Å². The molecule has 0 aromatic carbocycles. The van der Waals surface area contributed by atoms with E-state index in [9.17, 15) is 4.79 Å². The molecule has 0 radical (unpaired) electrons. The first-order valence-electron chi connectivity index (χ1n) is 7.05. The van der Waals surface area contributed by atoms with Crippen LogP contribution in [0.2, 0.25) is 0 Å². The first-order valence-corrected chi connectivity index (χ1v) is 7.05. The molecular weight excluding hydrogens is 212 g/mol. The molecule has 1 amide bonds. The lowest BCUT2D eigenvalue weighted by molar-refractivity contribution is -0.134. The molecule has 1 unspecified atom stereocenters. The van der Waals surface area contributed by atoms with Crippen molar-refractivity contribution in [3.63, 3.8) is 0 Å². The van der Waals surface area contributed by atoms with E-state index in [0.29, 0.717) is 17.7 Å². The summed E-state index contributed by atoms with van der Waals surface area (Å²) < 4.78 is 0. The largest absolute Gasteiger partial charge is 0.325 e. The van der Waals surface area contributed by atoms with Crippen LogP contribution in [0.1, 0.15) is 53.4 Å². The van der Waals surface area contributed by atoms with Crippen LogP contribution in [0, 0.1) is 11.8 Å². The average Bonchev–Trinajstić information content (AvgIpc) is 2.79. The summed E-state index contributed by atoms with van der Waals surface area (Å²) in [6.45, 7) is 9.66. The molecule has 2 rings (SSSR count). The fourth-order valence-corrected chi connectivity index (χ4v) is 3.28.